The van der Waals surface area contributed by atoms with E-state index >= 15 is 0 Å². The summed E-state index contributed by atoms with van der Waals surface area (Å²) in [4.78, 5) is 13.2. The van der Waals surface area contributed by atoms with Gasteiger partial charge in [-0.05, 0) is 19.3 Å². The van der Waals surface area contributed by atoms with Crippen LogP contribution in [0.15, 0.2) is 0 Å². The molecule has 0 aromatic heterocycles. The zero-order chi connectivity index (χ0) is 10.0. The lowest BCUT2D eigenvalue weighted by atomic mass is 9.82. The van der Waals surface area contributed by atoms with Crippen LogP contribution in [0, 0.1) is 5.92 Å². The predicted molar refractivity (Wildman–Crippen MR) is 66.5 cm³/mol. The number of rotatable bonds is 1. The summed E-state index contributed by atoms with van der Waals surface area (Å²) >= 11 is 0. The fourth-order valence-corrected chi connectivity index (χ4v) is 1.82. The molecule has 0 aliphatic heterocycles. The van der Waals surface area contributed by atoms with Crippen LogP contribution in [0.25, 0.3) is 0 Å². The highest BCUT2D eigenvalue weighted by Gasteiger charge is 2.30. The molecule has 1 rings (SSSR count). The van der Waals surface area contributed by atoms with Crippen LogP contribution in [-0.2, 0) is 4.79 Å². The van der Waals surface area contributed by atoms with Gasteiger partial charge in [-0.2, -0.15) is 0 Å². The number of amides is 1. The Morgan fingerprint density at radius 2 is 1.67 bits per heavy atom. The Morgan fingerprint density at radius 1 is 1.13 bits per heavy atom. The monoisotopic (exact) mass is 257 g/mol. The SMILES string of the molecule is CN(C)C(=O)[C@H]1CC[C@H](N)[C@H](N)C1.Cl.Cl. The average molecular weight is 258 g/mol. The van der Waals surface area contributed by atoms with E-state index in [0.717, 1.165) is 19.3 Å². The average Bonchev–Trinajstić information content (AvgIpc) is 2.08. The Balaban J connectivity index is 0. The number of carbonyl (C=O) groups excluding carboxylic acids is 1. The van der Waals surface area contributed by atoms with Gasteiger partial charge in [0.2, 0.25) is 5.91 Å². The van der Waals surface area contributed by atoms with Crippen LogP contribution in [0.3, 0.4) is 0 Å². The summed E-state index contributed by atoms with van der Waals surface area (Å²) in [5.74, 6) is 0.271. The molecule has 0 bridgehead atoms. The van der Waals surface area contributed by atoms with Gasteiger partial charge in [-0.25, -0.2) is 0 Å². The largest absolute Gasteiger partial charge is 0.349 e. The molecule has 1 aliphatic rings. The van der Waals surface area contributed by atoms with Crippen molar-refractivity contribution in [3.05, 3.63) is 0 Å². The van der Waals surface area contributed by atoms with E-state index in [-0.39, 0.29) is 48.7 Å². The lowest BCUT2D eigenvalue weighted by molar-refractivity contribution is -0.134. The number of nitrogens with two attached hydrogens (primary N) is 2. The minimum atomic E-state index is -0.0114. The van der Waals surface area contributed by atoms with Crippen LogP contribution in [0.5, 0.6) is 0 Å². The summed E-state index contributed by atoms with van der Waals surface area (Å²) < 4.78 is 0. The van der Waals surface area contributed by atoms with Gasteiger partial charge >= 0.3 is 0 Å². The van der Waals surface area contributed by atoms with Crippen molar-refractivity contribution in [2.75, 3.05) is 14.1 Å². The van der Waals surface area contributed by atoms with Gasteiger partial charge in [0.25, 0.3) is 0 Å². The molecule has 0 saturated heterocycles. The first-order valence-electron chi connectivity index (χ1n) is 4.74. The third-order valence-electron chi connectivity index (χ3n) is 2.75. The van der Waals surface area contributed by atoms with Gasteiger partial charge in [0.15, 0.2) is 0 Å². The predicted octanol–water partition coefficient (Wildman–Crippen LogP) is 0.373. The topological polar surface area (TPSA) is 72.3 Å². The molecule has 1 fully saturated rings. The summed E-state index contributed by atoms with van der Waals surface area (Å²) in [6.45, 7) is 0. The van der Waals surface area contributed by atoms with Crippen molar-refractivity contribution in [2.24, 2.45) is 17.4 Å². The van der Waals surface area contributed by atoms with E-state index in [0.29, 0.717) is 0 Å². The number of halogens is 2. The summed E-state index contributed by atoms with van der Waals surface area (Å²) in [5.41, 5.74) is 11.6. The molecule has 0 unspecified atom stereocenters. The van der Waals surface area contributed by atoms with E-state index in [9.17, 15) is 4.79 Å². The molecule has 4 N–H and O–H groups in total. The van der Waals surface area contributed by atoms with Crippen molar-refractivity contribution in [1.29, 1.82) is 0 Å². The number of hydrogen-bond acceptors (Lipinski definition) is 3. The van der Waals surface area contributed by atoms with Gasteiger partial charge in [0.05, 0.1) is 0 Å². The van der Waals surface area contributed by atoms with Gasteiger partial charge in [-0.15, -0.1) is 24.8 Å². The maximum Gasteiger partial charge on any atom is 0.225 e. The second kappa shape index (κ2) is 7.28. The van der Waals surface area contributed by atoms with Crippen LogP contribution in [0.1, 0.15) is 19.3 Å². The highest BCUT2D eigenvalue weighted by Crippen LogP contribution is 2.23. The van der Waals surface area contributed by atoms with Crippen molar-refractivity contribution in [3.8, 4) is 0 Å². The lowest BCUT2D eigenvalue weighted by Crippen LogP contribution is -2.48. The molecule has 15 heavy (non-hydrogen) atoms. The van der Waals surface area contributed by atoms with Crippen molar-refractivity contribution in [1.82, 2.24) is 4.90 Å². The smallest absolute Gasteiger partial charge is 0.225 e. The summed E-state index contributed by atoms with van der Waals surface area (Å²) in [5, 5.41) is 0. The van der Waals surface area contributed by atoms with Crippen LogP contribution >= 0.6 is 24.8 Å². The van der Waals surface area contributed by atoms with Crippen LogP contribution in [0.4, 0.5) is 0 Å². The van der Waals surface area contributed by atoms with Crippen LogP contribution in [0.2, 0.25) is 0 Å². The Hall–Kier alpha value is -0.0300. The number of hydrogen-bond donors (Lipinski definition) is 2. The van der Waals surface area contributed by atoms with Gasteiger partial charge in [-0.3, -0.25) is 4.79 Å². The molecule has 1 amide bonds. The zero-order valence-corrected chi connectivity index (χ0v) is 10.8. The van der Waals surface area contributed by atoms with E-state index in [1.54, 1.807) is 19.0 Å². The van der Waals surface area contributed by atoms with Crippen molar-refractivity contribution < 1.29 is 4.79 Å². The molecule has 0 spiro atoms. The normalized spacial score (nSPS) is 29.7. The molecule has 4 nitrogen and oxygen atoms in total. The fraction of sp³-hybridized carbons (Fsp3) is 0.889. The molecule has 0 heterocycles. The summed E-state index contributed by atoms with van der Waals surface area (Å²) in [7, 11) is 3.56. The maximum atomic E-state index is 11.6. The van der Waals surface area contributed by atoms with Gasteiger partial charge < -0.3 is 16.4 Å². The second-order valence-electron chi connectivity index (χ2n) is 4.07. The molecule has 3 atom stereocenters. The Morgan fingerprint density at radius 3 is 2.07 bits per heavy atom. The van der Waals surface area contributed by atoms with Crippen LogP contribution < -0.4 is 11.5 Å². The molecule has 0 aromatic rings. The third kappa shape index (κ3) is 4.55. The minimum Gasteiger partial charge on any atom is -0.349 e. The number of nitrogens with zero attached hydrogens (tertiary/aromatic N) is 1. The first kappa shape index (κ1) is 17.4. The molecular formula is C9H21Cl2N3O. The van der Waals surface area contributed by atoms with Gasteiger partial charge in [0.1, 0.15) is 0 Å². The first-order valence-corrected chi connectivity index (χ1v) is 4.74. The molecule has 6 heteroatoms. The Bertz CT molecular complexity index is 202. The Kier molecular flexibility index (Phi) is 8.43. The van der Waals surface area contributed by atoms with E-state index < -0.39 is 0 Å². The fourth-order valence-electron chi connectivity index (χ4n) is 1.82. The van der Waals surface area contributed by atoms with Gasteiger partial charge in [-0.1, -0.05) is 0 Å². The van der Waals surface area contributed by atoms with Crippen molar-refractivity contribution in [2.45, 2.75) is 31.3 Å². The third-order valence-corrected chi connectivity index (χ3v) is 2.75. The quantitative estimate of drug-likeness (QED) is 0.714. The zero-order valence-electron chi connectivity index (χ0n) is 9.18. The molecule has 0 radical (unpaired) electrons. The standard InChI is InChI=1S/C9H19N3O.2ClH/c1-12(2)9(13)6-3-4-7(10)8(11)5-6;;/h6-8H,3-5,10-11H2,1-2H3;2*1H/t6-,7-,8+;;/m0../s1. The highest BCUT2D eigenvalue weighted by atomic mass is 35.5. The van der Waals surface area contributed by atoms with Crippen molar-refractivity contribution in [3.63, 3.8) is 0 Å². The molecule has 0 aromatic carbocycles. The summed E-state index contributed by atoms with van der Waals surface area (Å²) in [6.07, 6.45) is 2.48. The highest BCUT2D eigenvalue weighted by molar-refractivity contribution is 5.85. The molecule has 1 saturated carbocycles. The second-order valence-corrected chi connectivity index (χ2v) is 4.07. The molecule has 92 valence electrons. The minimum absolute atomic E-state index is 0. The van der Waals surface area contributed by atoms with E-state index in [4.69, 9.17) is 11.5 Å². The maximum absolute atomic E-state index is 11.6. The van der Waals surface area contributed by atoms with E-state index in [1.807, 2.05) is 0 Å². The van der Waals surface area contributed by atoms with E-state index in [2.05, 4.69) is 0 Å². The molecular weight excluding hydrogens is 237 g/mol. The lowest BCUT2D eigenvalue weighted by Gasteiger charge is -2.32. The summed E-state index contributed by atoms with van der Waals surface area (Å²) in [6, 6.07) is 0.0638. The first-order chi connectivity index (χ1) is 6.02. The van der Waals surface area contributed by atoms with Gasteiger partial charge in [0, 0.05) is 32.1 Å². The van der Waals surface area contributed by atoms with Crippen molar-refractivity contribution >= 4 is 30.7 Å². The number of carbonyl (C=O) groups is 1. The Labute approximate surface area is 104 Å². The molecule has 1 aliphatic carbocycles. The van der Waals surface area contributed by atoms with Crippen LogP contribution in [-0.4, -0.2) is 37.0 Å². The van der Waals surface area contributed by atoms with E-state index in [1.165, 1.54) is 0 Å².